The van der Waals surface area contributed by atoms with Gasteiger partial charge in [-0.1, -0.05) is 53.5 Å². The summed E-state index contributed by atoms with van der Waals surface area (Å²) in [6.07, 6.45) is 0. The molecule has 2 aromatic rings. The smallest absolute Gasteiger partial charge is 0.156 e. The van der Waals surface area contributed by atoms with Crippen LogP contribution in [0.5, 0.6) is 5.75 Å². The number of ether oxygens (including phenoxy) is 1. The van der Waals surface area contributed by atoms with Gasteiger partial charge in [0, 0.05) is 13.1 Å². The first kappa shape index (κ1) is 18.1. The fourth-order valence-corrected chi connectivity index (χ4v) is 2.59. The van der Waals surface area contributed by atoms with Crippen molar-refractivity contribution in [2.75, 3.05) is 6.61 Å². The Bertz CT molecular complexity index is 538. The Morgan fingerprint density at radius 2 is 1.52 bits per heavy atom. The van der Waals surface area contributed by atoms with Gasteiger partial charge in [-0.3, -0.25) is 0 Å². The normalized spacial score (nSPS) is 10.0. The van der Waals surface area contributed by atoms with E-state index in [1.807, 2.05) is 37.3 Å². The van der Waals surface area contributed by atoms with E-state index in [1.165, 1.54) is 5.56 Å². The van der Waals surface area contributed by atoms with Crippen molar-refractivity contribution in [2.45, 2.75) is 20.0 Å². The second-order valence-corrected chi connectivity index (χ2v) is 5.23. The zero-order valence-electron chi connectivity index (χ0n) is 11.7. The van der Waals surface area contributed by atoms with Crippen LogP contribution < -0.4 is 10.1 Å². The fraction of sp³-hybridized carbons (Fsp3) is 0.250. The van der Waals surface area contributed by atoms with Gasteiger partial charge in [0.25, 0.3) is 0 Å². The maximum atomic E-state index is 6.17. The van der Waals surface area contributed by atoms with Gasteiger partial charge in [-0.05, 0) is 30.2 Å². The van der Waals surface area contributed by atoms with E-state index in [-0.39, 0.29) is 12.4 Å². The number of nitrogens with one attached hydrogen (secondary N) is 1. The number of benzene rings is 2. The molecule has 0 bridgehead atoms. The average Bonchev–Trinajstić information content (AvgIpc) is 2.44. The Morgan fingerprint density at radius 3 is 2.10 bits per heavy atom. The maximum Gasteiger partial charge on any atom is 0.156 e. The zero-order chi connectivity index (χ0) is 14.4. The summed E-state index contributed by atoms with van der Waals surface area (Å²) >= 11 is 12.3. The molecule has 2 rings (SSSR count). The summed E-state index contributed by atoms with van der Waals surface area (Å²) < 4.78 is 5.41. The molecule has 1 N–H and O–H groups in total. The van der Waals surface area contributed by atoms with Crippen molar-refractivity contribution >= 4 is 35.6 Å². The highest BCUT2D eigenvalue weighted by molar-refractivity contribution is 6.37. The average molecular weight is 347 g/mol. The predicted octanol–water partition coefficient (Wildman–Crippen LogP) is 5.10. The molecule has 2 aromatic carbocycles. The highest BCUT2D eigenvalue weighted by atomic mass is 35.5. The molecule has 0 amide bonds. The standard InChI is InChI=1S/C16H17Cl2NO.ClH/c1-2-20-16-14(17)8-13(9-15(16)18)11-19-10-12-6-4-3-5-7-12;/h3-9,19H,2,10-11H2,1H3;1H. The molecule has 5 heteroatoms. The van der Waals surface area contributed by atoms with Crippen LogP contribution in [0.3, 0.4) is 0 Å². The van der Waals surface area contributed by atoms with Gasteiger partial charge in [0.05, 0.1) is 16.7 Å². The lowest BCUT2D eigenvalue weighted by Crippen LogP contribution is -2.12. The van der Waals surface area contributed by atoms with Crippen LogP contribution in [0.2, 0.25) is 10.0 Å². The lowest BCUT2D eigenvalue weighted by atomic mass is 10.2. The lowest BCUT2D eigenvalue weighted by molar-refractivity contribution is 0.340. The number of hydrogen-bond acceptors (Lipinski definition) is 2. The highest BCUT2D eigenvalue weighted by Crippen LogP contribution is 2.34. The summed E-state index contributed by atoms with van der Waals surface area (Å²) in [4.78, 5) is 0. The molecule has 0 heterocycles. The van der Waals surface area contributed by atoms with Gasteiger partial charge in [0.15, 0.2) is 5.75 Å². The van der Waals surface area contributed by atoms with Gasteiger partial charge < -0.3 is 10.1 Å². The molecule has 0 saturated carbocycles. The van der Waals surface area contributed by atoms with Crippen molar-refractivity contribution in [3.8, 4) is 5.75 Å². The molecule has 21 heavy (non-hydrogen) atoms. The Labute approximate surface area is 141 Å². The molecule has 0 atom stereocenters. The molecule has 0 fully saturated rings. The molecule has 0 aliphatic carbocycles. The van der Waals surface area contributed by atoms with Crippen molar-refractivity contribution < 1.29 is 4.74 Å². The minimum Gasteiger partial charge on any atom is -0.491 e. The SMILES string of the molecule is CCOc1c(Cl)cc(CNCc2ccccc2)cc1Cl.Cl. The maximum absolute atomic E-state index is 6.17. The number of rotatable bonds is 6. The van der Waals surface area contributed by atoms with Crippen molar-refractivity contribution in [1.29, 1.82) is 0 Å². The molecule has 0 unspecified atom stereocenters. The Morgan fingerprint density at radius 1 is 0.952 bits per heavy atom. The first-order valence-corrected chi connectivity index (χ1v) is 7.31. The molecule has 0 aliphatic heterocycles. The summed E-state index contributed by atoms with van der Waals surface area (Å²) in [5.41, 5.74) is 2.29. The van der Waals surface area contributed by atoms with Crippen LogP contribution >= 0.6 is 35.6 Å². The lowest BCUT2D eigenvalue weighted by Gasteiger charge is -2.11. The minimum atomic E-state index is 0. The van der Waals surface area contributed by atoms with Gasteiger partial charge in [0.1, 0.15) is 0 Å². The van der Waals surface area contributed by atoms with E-state index in [1.54, 1.807) is 0 Å². The molecule has 0 aliphatic rings. The highest BCUT2D eigenvalue weighted by Gasteiger charge is 2.09. The van der Waals surface area contributed by atoms with Gasteiger partial charge in [0.2, 0.25) is 0 Å². The topological polar surface area (TPSA) is 21.3 Å². The third kappa shape index (κ3) is 5.40. The summed E-state index contributed by atoms with van der Waals surface area (Å²) in [6, 6.07) is 14.0. The van der Waals surface area contributed by atoms with Crippen LogP contribution in [0, 0.1) is 0 Å². The van der Waals surface area contributed by atoms with E-state index in [0.717, 1.165) is 12.1 Å². The molecule has 114 valence electrons. The van der Waals surface area contributed by atoms with E-state index in [2.05, 4.69) is 17.4 Å². The zero-order valence-corrected chi connectivity index (χ0v) is 14.1. The van der Waals surface area contributed by atoms with Gasteiger partial charge >= 0.3 is 0 Å². The van der Waals surface area contributed by atoms with Crippen LogP contribution in [0.4, 0.5) is 0 Å². The van der Waals surface area contributed by atoms with Crippen LogP contribution in [0.25, 0.3) is 0 Å². The van der Waals surface area contributed by atoms with Gasteiger partial charge in [-0.15, -0.1) is 12.4 Å². The first-order valence-electron chi connectivity index (χ1n) is 6.56. The van der Waals surface area contributed by atoms with Crippen LogP contribution in [-0.2, 0) is 13.1 Å². The van der Waals surface area contributed by atoms with Crippen LogP contribution in [0.15, 0.2) is 42.5 Å². The summed E-state index contributed by atoms with van der Waals surface area (Å²) in [5.74, 6) is 0.558. The fourth-order valence-electron chi connectivity index (χ4n) is 1.94. The summed E-state index contributed by atoms with van der Waals surface area (Å²) in [6.45, 7) is 3.97. The summed E-state index contributed by atoms with van der Waals surface area (Å²) in [7, 11) is 0. The Kier molecular flexibility index (Phi) is 7.91. The van der Waals surface area contributed by atoms with Gasteiger partial charge in [-0.2, -0.15) is 0 Å². The quantitative estimate of drug-likeness (QED) is 0.785. The van der Waals surface area contributed by atoms with Crippen molar-refractivity contribution in [3.05, 3.63) is 63.6 Å². The number of halogens is 3. The van der Waals surface area contributed by atoms with Crippen LogP contribution in [-0.4, -0.2) is 6.61 Å². The molecular formula is C16H18Cl3NO. The second kappa shape index (κ2) is 9.16. The molecule has 0 aromatic heterocycles. The van der Waals surface area contributed by atoms with E-state index in [4.69, 9.17) is 27.9 Å². The molecule has 0 spiro atoms. The molecule has 0 radical (unpaired) electrons. The predicted molar refractivity (Wildman–Crippen MR) is 91.9 cm³/mol. The van der Waals surface area contributed by atoms with Crippen molar-refractivity contribution in [2.24, 2.45) is 0 Å². The monoisotopic (exact) mass is 345 g/mol. The van der Waals surface area contributed by atoms with Crippen molar-refractivity contribution in [1.82, 2.24) is 5.32 Å². The Balaban J connectivity index is 0.00000220. The van der Waals surface area contributed by atoms with E-state index < -0.39 is 0 Å². The van der Waals surface area contributed by atoms with E-state index in [0.29, 0.717) is 28.9 Å². The first-order chi connectivity index (χ1) is 9.70. The number of hydrogen-bond donors (Lipinski definition) is 1. The minimum absolute atomic E-state index is 0. The van der Waals surface area contributed by atoms with E-state index >= 15 is 0 Å². The van der Waals surface area contributed by atoms with Crippen molar-refractivity contribution in [3.63, 3.8) is 0 Å². The third-order valence-corrected chi connectivity index (χ3v) is 3.41. The molecular weight excluding hydrogens is 329 g/mol. The molecule has 2 nitrogen and oxygen atoms in total. The van der Waals surface area contributed by atoms with E-state index in [9.17, 15) is 0 Å². The van der Waals surface area contributed by atoms with Gasteiger partial charge in [-0.25, -0.2) is 0 Å². The third-order valence-electron chi connectivity index (χ3n) is 2.85. The summed E-state index contributed by atoms with van der Waals surface area (Å²) in [5, 5.41) is 4.47. The van der Waals surface area contributed by atoms with Crippen LogP contribution in [0.1, 0.15) is 18.1 Å². The second-order valence-electron chi connectivity index (χ2n) is 4.41. The Hall–Kier alpha value is -0.930. The molecule has 0 saturated heterocycles. The largest absolute Gasteiger partial charge is 0.491 e.